The van der Waals surface area contributed by atoms with Gasteiger partial charge in [0.1, 0.15) is 0 Å². The Balaban J connectivity index is 2.10. The van der Waals surface area contributed by atoms with Crippen LogP contribution < -0.4 is 5.32 Å². The van der Waals surface area contributed by atoms with Crippen LogP contribution in [0.4, 0.5) is 0 Å². The lowest BCUT2D eigenvalue weighted by Gasteiger charge is -2.46. The van der Waals surface area contributed by atoms with Crippen molar-refractivity contribution < 1.29 is 0 Å². The fourth-order valence-corrected chi connectivity index (χ4v) is 5.04. The van der Waals surface area contributed by atoms with E-state index in [-0.39, 0.29) is 0 Å². The Kier molecular flexibility index (Phi) is 5.95. The lowest BCUT2D eigenvalue weighted by atomic mass is 9.64. The van der Waals surface area contributed by atoms with Crippen LogP contribution in [0.2, 0.25) is 0 Å². The third-order valence-electron chi connectivity index (χ3n) is 6.69. The largest absolute Gasteiger partial charge is 0.313 e. The van der Waals surface area contributed by atoms with E-state index in [1.165, 1.54) is 64.3 Å². The Bertz CT molecular complexity index is 279. The highest BCUT2D eigenvalue weighted by Crippen LogP contribution is 2.49. The fourth-order valence-electron chi connectivity index (χ4n) is 5.04. The van der Waals surface area contributed by atoms with Crippen LogP contribution in [0.5, 0.6) is 0 Å². The smallest absolute Gasteiger partial charge is 0.0152 e. The molecule has 0 heterocycles. The summed E-state index contributed by atoms with van der Waals surface area (Å²) < 4.78 is 0. The summed E-state index contributed by atoms with van der Waals surface area (Å²) in [6, 6.07) is 0.796. The van der Waals surface area contributed by atoms with Crippen LogP contribution in [0.3, 0.4) is 0 Å². The summed E-state index contributed by atoms with van der Waals surface area (Å²) in [5, 5.41) is 4.01. The topological polar surface area (TPSA) is 12.0 Å². The average Bonchev–Trinajstić information content (AvgIpc) is 2.93. The zero-order valence-electron chi connectivity index (χ0n) is 14.4. The summed E-state index contributed by atoms with van der Waals surface area (Å²) in [5.41, 5.74) is 0.625. The maximum Gasteiger partial charge on any atom is 0.0152 e. The van der Waals surface area contributed by atoms with Gasteiger partial charge in [0, 0.05) is 6.04 Å². The number of nitrogens with one attached hydrogen (secondary N) is 1. The standard InChI is InChI=1S/C19H37N/c1-5-13-20-18(19(6-2)11-7-8-12-19)17-10-9-15(3)16(4)14-17/h15-18,20H,5-14H2,1-4H3. The number of hydrogen-bond donors (Lipinski definition) is 1. The van der Waals surface area contributed by atoms with Gasteiger partial charge in [0.2, 0.25) is 0 Å². The fraction of sp³-hybridized carbons (Fsp3) is 1.00. The van der Waals surface area contributed by atoms with Gasteiger partial charge in [-0.1, -0.05) is 47.0 Å². The SMILES string of the molecule is CCCNC(C1CCC(C)C(C)C1)C1(CC)CCCC1. The first-order chi connectivity index (χ1) is 9.63. The molecule has 0 aromatic rings. The average molecular weight is 280 g/mol. The van der Waals surface area contributed by atoms with Crippen LogP contribution in [0.1, 0.15) is 85.5 Å². The predicted molar refractivity (Wildman–Crippen MR) is 88.9 cm³/mol. The maximum atomic E-state index is 4.01. The molecule has 118 valence electrons. The molecule has 1 nitrogen and oxygen atoms in total. The van der Waals surface area contributed by atoms with Crippen molar-refractivity contribution in [2.75, 3.05) is 6.54 Å². The lowest BCUT2D eigenvalue weighted by molar-refractivity contribution is 0.0800. The van der Waals surface area contributed by atoms with E-state index in [1.807, 2.05) is 0 Å². The summed E-state index contributed by atoms with van der Waals surface area (Å²) in [7, 11) is 0. The molecular formula is C19H37N. The van der Waals surface area contributed by atoms with E-state index >= 15 is 0 Å². The van der Waals surface area contributed by atoms with E-state index in [2.05, 4.69) is 33.0 Å². The summed E-state index contributed by atoms with van der Waals surface area (Å²) in [6.45, 7) is 10.9. The van der Waals surface area contributed by atoms with E-state index in [4.69, 9.17) is 0 Å². The van der Waals surface area contributed by atoms with E-state index < -0.39 is 0 Å². The summed E-state index contributed by atoms with van der Waals surface area (Å²) in [4.78, 5) is 0. The Morgan fingerprint density at radius 1 is 1.05 bits per heavy atom. The zero-order valence-corrected chi connectivity index (χ0v) is 14.4. The van der Waals surface area contributed by atoms with Crippen molar-refractivity contribution in [2.45, 2.75) is 91.5 Å². The Labute approximate surface area is 127 Å². The van der Waals surface area contributed by atoms with E-state index in [0.29, 0.717) is 5.41 Å². The lowest BCUT2D eigenvalue weighted by Crippen LogP contribution is -2.50. The monoisotopic (exact) mass is 279 g/mol. The maximum absolute atomic E-state index is 4.01. The molecule has 0 saturated heterocycles. The van der Waals surface area contributed by atoms with Crippen LogP contribution in [-0.4, -0.2) is 12.6 Å². The van der Waals surface area contributed by atoms with Crippen molar-refractivity contribution in [1.82, 2.24) is 5.32 Å². The van der Waals surface area contributed by atoms with Gasteiger partial charge in [0.05, 0.1) is 0 Å². The van der Waals surface area contributed by atoms with Gasteiger partial charge >= 0.3 is 0 Å². The number of hydrogen-bond acceptors (Lipinski definition) is 1. The van der Waals surface area contributed by atoms with Gasteiger partial charge < -0.3 is 5.32 Å². The second-order valence-corrected chi connectivity index (χ2v) is 7.88. The van der Waals surface area contributed by atoms with E-state index in [0.717, 1.165) is 23.8 Å². The van der Waals surface area contributed by atoms with Gasteiger partial charge in [0.25, 0.3) is 0 Å². The first-order valence-corrected chi connectivity index (χ1v) is 9.36. The molecule has 2 aliphatic carbocycles. The minimum Gasteiger partial charge on any atom is -0.313 e. The van der Waals surface area contributed by atoms with Crippen molar-refractivity contribution >= 4 is 0 Å². The Hall–Kier alpha value is -0.0400. The second-order valence-electron chi connectivity index (χ2n) is 7.88. The molecule has 0 aliphatic heterocycles. The predicted octanol–water partition coefficient (Wildman–Crippen LogP) is 5.40. The summed E-state index contributed by atoms with van der Waals surface area (Å²) >= 11 is 0. The highest BCUT2D eigenvalue weighted by molar-refractivity contribution is 4.98. The molecule has 0 aromatic carbocycles. The van der Waals surface area contributed by atoms with Gasteiger partial charge in [-0.05, 0) is 68.2 Å². The molecule has 1 N–H and O–H groups in total. The van der Waals surface area contributed by atoms with Crippen molar-refractivity contribution in [1.29, 1.82) is 0 Å². The molecule has 0 aromatic heterocycles. The molecule has 4 unspecified atom stereocenters. The van der Waals surface area contributed by atoms with Crippen molar-refractivity contribution in [2.24, 2.45) is 23.2 Å². The minimum absolute atomic E-state index is 0.625. The van der Waals surface area contributed by atoms with Crippen molar-refractivity contribution in [3.63, 3.8) is 0 Å². The molecule has 0 bridgehead atoms. The van der Waals surface area contributed by atoms with E-state index in [9.17, 15) is 0 Å². The van der Waals surface area contributed by atoms with Gasteiger partial charge in [-0.3, -0.25) is 0 Å². The first kappa shape index (κ1) is 16.3. The third-order valence-corrected chi connectivity index (χ3v) is 6.69. The first-order valence-electron chi connectivity index (χ1n) is 9.36. The molecule has 2 rings (SSSR count). The van der Waals surface area contributed by atoms with Gasteiger partial charge in [-0.25, -0.2) is 0 Å². The normalized spacial score (nSPS) is 35.1. The molecule has 20 heavy (non-hydrogen) atoms. The molecule has 2 saturated carbocycles. The Morgan fingerprint density at radius 3 is 2.30 bits per heavy atom. The number of rotatable bonds is 6. The Morgan fingerprint density at radius 2 is 1.75 bits per heavy atom. The molecule has 2 aliphatic rings. The molecule has 0 amide bonds. The van der Waals surface area contributed by atoms with Gasteiger partial charge in [-0.2, -0.15) is 0 Å². The quantitative estimate of drug-likeness (QED) is 0.686. The molecule has 2 fully saturated rings. The highest BCUT2D eigenvalue weighted by Gasteiger charge is 2.44. The summed E-state index contributed by atoms with van der Waals surface area (Å²) in [6.07, 6.45) is 12.9. The van der Waals surface area contributed by atoms with Crippen LogP contribution in [0, 0.1) is 23.2 Å². The minimum atomic E-state index is 0.625. The second kappa shape index (κ2) is 7.29. The van der Waals surface area contributed by atoms with Crippen molar-refractivity contribution in [3.8, 4) is 0 Å². The molecule has 0 radical (unpaired) electrons. The van der Waals surface area contributed by atoms with Gasteiger partial charge in [-0.15, -0.1) is 0 Å². The van der Waals surface area contributed by atoms with Crippen LogP contribution in [0.25, 0.3) is 0 Å². The molecule has 4 atom stereocenters. The van der Waals surface area contributed by atoms with Crippen molar-refractivity contribution in [3.05, 3.63) is 0 Å². The molecule has 1 heteroatoms. The van der Waals surface area contributed by atoms with Crippen LogP contribution in [-0.2, 0) is 0 Å². The van der Waals surface area contributed by atoms with Crippen LogP contribution in [0.15, 0.2) is 0 Å². The summed E-state index contributed by atoms with van der Waals surface area (Å²) in [5.74, 6) is 2.81. The molecule has 0 spiro atoms. The highest BCUT2D eigenvalue weighted by atomic mass is 14.9. The molecular weight excluding hydrogens is 242 g/mol. The third kappa shape index (κ3) is 3.40. The van der Waals surface area contributed by atoms with Gasteiger partial charge in [0.15, 0.2) is 0 Å². The van der Waals surface area contributed by atoms with Crippen LogP contribution >= 0.6 is 0 Å². The van der Waals surface area contributed by atoms with E-state index in [1.54, 1.807) is 0 Å². The zero-order chi connectivity index (χ0) is 14.6.